The number of piperazine rings is 1. The quantitative estimate of drug-likeness (QED) is 0.556. The first-order valence-corrected chi connectivity index (χ1v) is 13.7. The third-order valence-corrected chi connectivity index (χ3v) is 7.65. The van der Waals surface area contributed by atoms with Crippen molar-refractivity contribution >= 4 is 33.8 Å². The molecule has 2 aromatic carbocycles. The molecular weight excluding hydrogens is 520 g/mol. The molecule has 4 amide bonds. The van der Waals surface area contributed by atoms with E-state index in [4.69, 9.17) is 0 Å². The predicted molar refractivity (Wildman–Crippen MR) is 144 cm³/mol. The van der Waals surface area contributed by atoms with Gasteiger partial charge in [-0.15, -0.1) is 0 Å². The fraction of sp³-hybridized carbons (Fsp3) is 0.464. The van der Waals surface area contributed by atoms with Crippen LogP contribution < -0.4 is 10.6 Å². The lowest BCUT2D eigenvalue weighted by Gasteiger charge is -2.41. The molecule has 1 saturated heterocycles. The second-order valence-corrected chi connectivity index (χ2v) is 10.7. The molecule has 0 spiro atoms. The number of carbonyl (C=O) groups is 3. The second kappa shape index (κ2) is 12.4. The zero-order chi connectivity index (χ0) is 25.5. The van der Waals surface area contributed by atoms with Crippen LogP contribution in [0.5, 0.6) is 0 Å². The third-order valence-electron chi connectivity index (χ3n) is 7.13. The van der Waals surface area contributed by atoms with Crippen molar-refractivity contribution in [2.75, 3.05) is 19.6 Å². The number of carbonyl (C=O) groups excluding carboxylic acids is 3. The van der Waals surface area contributed by atoms with Gasteiger partial charge in [0, 0.05) is 48.2 Å². The van der Waals surface area contributed by atoms with Gasteiger partial charge in [-0.1, -0.05) is 65.5 Å². The number of hydrogen-bond donors (Lipinski definition) is 2. The van der Waals surface area contributed by atoms with Gasteiger partial charge in [-0.3, -0.25) is 9.59 Å². The largest absolute Gasteiger partial charge is 0.340 e. The predicted octanol–water partition coefficient (Wildman–Crippen LogP) is 4.37. The van der Waals surface area contributed by atoms with E-state index in [1.165, 1.54) is 6.42 Å². The SMILES string of the molecule is CC1CN(C(=O)C(Cc2ccccc2)NC(=O)c2ccc(Br)cc2)CCN1C(=O)NC1CCCCC1. The molecule has 36 heavy (non-hydrogen) atoms. The fourth-order valence-electron chi connectivity index (χ4n) is 5.08. The Labute approximate surface area is 221 Å². The molecule has 7 nitrogen and oxygen atoms in total. The number of nitrogens with one attached hydrogen (secondary N) is 2. The summed E-state index contributed by atoms with van der Waals surface area (Å²) in [5, 5.41) is 6.15. The smallest absolute Gasteiger partial charge is 0.317 e. The van der Waals surface area contributed by atoms with Crippen molar-refractivity contribution in [1.29, 1.82) is 0 Å². The van der Waals surface area contributed by atoms with Gasteiger partial charge in [0.1, 0.15) is 6.04 Å². The van der Waals surface area contributed by atoms with E-state index in [9.17, 15) is 14.4 Å². The first-order chi connectivity index (χ1) is 17.4. The molecular formula is C28H35BrN4O3. The molecule has 0 bridgehead atoms. The van der Waals surface area contributed by atoms with Crippen LogP contribution in [0.1, 0.15) is 54.9 Å². The van der Waals surface area contributed by atoms with E-state index in [0.717, 1.165) is 35.7 Å². The summed E-state index contributed by atoms with van der Waals surface area (Å²) in [5.74, 6) is -0.404. The Morgan fingerprint density at radius 3 is 2.33 bits per heavy atom. The highest BCUT2D eigenvalue weighted by Crippen LogP contribution is 2.19. The highest BCUT2D eigenvalue weighted by atomic mass is 79.9. The lowest BCUT2D eigenvalue weighted by molar-refractivity contribution is -0.135. The topological polar surface area (TPSA) is 81.8 Å². The van der Waals surface area contributed by atoms with E-state index in [1.54, 1.807) is 17.0 Å². The van der Waals surface area contributed by atoms with E-state index < -0.39 is 6.04 Å². The molecule has 1 aliphatic carbocycles. The van der Waals surface area contributed by atoms with Crippen molar-refractivity contribution in [3.63, 3.8) is 0 Å². The summed E-state index contributed by atoms with van der Waals surface area (Å²) >= 11 is 3.39. The molecule has 4 rings (SSSR count). The van der Waals surface area contributed by atoms with Crippen LogP contribution in [-0.4, -0.2) is 65.4 Å². The van der Waals surface area contributed by atoms with Gasteiger partial charge in [-0.2, -0.15) is 0 Å². The van der Waals surface area contributed by atoms with Crippen LogP contribution in [0, 0.1) is 0 Å². The molecule has 2 atom stereocenters. The van der Waals surface area contributed by atoms with Crippen LogP contribution in [0.3, 0.4) is 0 Å². The van der Waals surface area contributed by atoms with Gasteiger partial charge in [0.15, 0.2) is 0 Å². The second-order valence-electron chi connectivity index (χ2n) is 9.83. The molecule has 0 radical (unpaired) electrons. The minimum Gasteiger partial charge on any atom is -0.340 e. The summed E-state index contributed by atoms with van der Waals surface area (Å²) in [4.78, 5) is 43.2. The number of halogens is 1. The average Bonchev–Trinajstić information content (AvgIpc) is 2.89. The van der Waals surface area contributed by atoms with E-state index >= 15 is 0 Å². The molecule has 192 valence electrons. The van der Waals surface area contributed by atoms with Crippen LogP contribution in [0.4, 0.5) is 4.79 Å². The normalized spacial score (nSPS) is 19.4. The molecule has 2 unspecified atom stereocenters. The highest BCUT2D eigenvalue weighted by Gasteiger charge is 2.34. The Hall–Kier alpha value is -2.87. The van der Waals surface area contributed by atoms with E-state index in [2.05, 4.69) is 26.6 Å². The van der Waals surface area contributed by atoms with E-state index in [-0.39, 0.29) is 29.9 Å². The van der Waals surface area contributed by atoms with Gasteiger partial charge >= 0.3 is 6.03 Å². The fourth-order valence-corrected chi connectivity index (χ4v) is 5.34. The van der Waals surface area contributed by atoms with Gasteiger partial charge in [0.05, 0.1) is 0 Å². The molecule has 1 aliphatic heterocycles. The Balaban J connectivity index is 1.41. The molecule has 0 aromatic heterocycles. The lowest BCUT2D eigenvalue weighted by atomic mass is 9.96. The molecule has 2 N–H and O–H groups in total. The van der Waals surface area contributed by atoms with Gasteiger partial charge in [0.2, 0.25) is 5.91 Å². The highest BCUT2D eigenvalue weighted by molar-refractivity contribution is 9.10. The molecule has 1 heterocycles. The zero-order valence-corrected chi connectivity index (χ0v) is 22.4. The van der Waals surface area contributed by atoms with Crippen LogP contribution in [0.2, 0.25) is 0 Å². The Kier molecular flexibility index (Phi) is 9.02. The van der Waals surface area contributed by atoms with Gasteiger partial charge in [0.25, 0.3) is 5.91 Å². The summed E-state index contributed by atoms with van der Waals surface area (Å²) in [7, 11) is 0. The Morgan fingerprint density at radius 1 is 0.972 bits per heavy atom. The molecule has 8 heteroatoms. The van der Waals surface area contributed by atoms with Gasteiger partial charge in [-0.05, 0) is 49.6 Å². The maximum atomic E-state index is 13.6. The van der Waals surface area contributed by atoms with Gasteiger partial charge < -0.3 is 20.4 Å². The van der Waals surface area contributed by atoms with Crippen molar-refractivity contribution in [1.82, 2.24) is 20.4 Å². The number of urea groups is 1. The summed E-state index contributed by atoms with van der Waals surface area (Å²) in [6.07, 6.45) is 6.05. The van der Waals surface area contributed by atoms with Gasteiger partial charge in [-0.25, -0.2) is 4.79 Å². The van der Waals surface area contributed by atoms with Crippen molar-refractivity contribution in [3.05, 3.63) is 70.2 Å². The monoisotopic (exact) mass is 554 g/mol. The van der Waals surface area contributed by atoms with Crippen molar-refractivity contribution in [3.8, 4) is 0 Å². The number of nitrogens with zero attached hydrogens (tertiary/aromatic N) is 2. The summed E-state index contributed by atoms with van der Waals surface area (Å²) < 4.78 is 0.885. The number of hydrogen-bond acceptors (Lipinski definition) is 3. The maximum absolute atomic E-state index is 13.6. The van der Waals surface area contributed by atoms with Crippen molar-refractivity contribution < 1.29 is 14.4 Å². The standard InChI is InChI=1S/C28H35BrN4O3/c1-20-19-32(16-17-33(20)28(36)30-24-10-6-3-7-11-24)27(35)25(18-21-8-4-2-5-9-21)31-26(34)22-12-14-23(29)15-13-22/h2,4-5,8-9,12-15,20,24-25H,3,6-7,10-11,16-19H2,1H3,(H,30,36)(H,31,34). The molecule has 2 aromatic rings. The minimum atomic E-state index is -0.696. The lowest BCUT2D eigenvalue weighted by Crippen LogP contribution is -2.61. The number of benzene rings is 2. The first kappa shape index (κ1) is 26.2. The maximum Gasteiger partial charge on any atom is 0.317 e. The Morgan fingerprint density at radius 2 is 1.67 bits per heavy atom. The van der Waals surface area contributed by atoms with Crippen molar-refractivity contribution in [2.24, 2.45) is 0 Å². The minimum absolute atomic E-state index is 0.0362. The number of rotatable bonds is 6. The van der Waals surface area contributed by atoms with E-state index in [1.807, 2.05) is 54.3 Å². The summed E-state index contributed by atoms with van der Waals surface area (Å²) in [6.45, 7) is 3.34. The summed E-state index contributed by atoms with van der Waals surface area (Å²) in [5.41, 5.74) is 1.48. The number of amides is 4. The zero-order valence-electron chi connectivity index (χ0n) is 20.8. The van der Waals surface area contributed by atoms with Crippen LogP contribution in [-0.2, 0) is 11.2 Å². The average molecular weight is 556 g/mol. The molecule has 2 fully saturated rings. The van der Waals surface area contributed by atoms with Crippen LogP contribution in [0.15, 0.2) is 59.1 Å². The summed E-state index contributed by atoms with van der Waals surface area (Å²) in [6, 6.07) is 16.2. The third kappa shape index (κ3) is 6.87. The molecule has 2 aliphatic rings. The Bertz CT molecular complexity index is 1040. The molecule has 1 saturated carbocycles. The first-order valence-electron chi connectivity index (χ1n) is 12.9. The van der Waals surface area contributed by atoms with Crippen molar-refractivity contribution in [2.45, 2.75) is 63.6 Å². The van der Waals surface area contributed by atoms with Crippen LogP contribution >= 0.6 is 15.9 Å². The van der Waals surface area contributed by atoms with E-state index in [0.29, 0.717) is 31.6 Å². The van der Waals surface area contributed by atoms with Crippen LogP contribution in [0.25, 0.3) is 0 Å².